The first-order chi connectivity index (χ1) is 16.0. The molecule has 0 aromatic carbocycles. The summed E-state index contributed by atoms with van der Waals surface area (Å²) in [7, 11) is 1.83. The standard InChI is InChI=1S/C24H43N5O4/c1-17(30)28-10-12-29(13-11-28)24(31)33-22-5-3-4-20(14-22)27-23-25-15-19(16-26-23)18-6-8-21(32-2)9-7-18/h18-23,25-27H,3-16H2,1-2H3. The molecule has 2 aliphatic carbocycles. The van der Waals surface area contributed by atoms with E-state index in [1.165, 1.54) is 25.7 Å². The van der Waals surface area contributed by atoms with E-state index in [0.29, 0.717) is 44.2 Å². The zero-order valence-corrected chi connectivity index (χ0v) is 20.4. The third kappa shape index (κ3) is 6.81. The van der Waals surface area contributed by atoms with Crippen molar-refractivity contribution in [2.24, 2.45) is 11.8 Å². The molecule has 2 saturated heterocycles. The normalized spacial score (nSPS) is 35.8. The summed E-state index contributed by atoms with van der Waals surface area (Å²) in [5, 5.41) is 11.0. The average Bonchev–Trinajstić information content (AvgIpc) is 2.85. The van der Waals surface area contributed by atoms with Crippen LogP contribution >= 0.6 is 0 Å². The highest BCUT2D eigenvalue weighted by Crippen LogP contribution is 2.32. The van der Waals surface area contributed by atoms with Gasteiger partial charge in [-0.1, -0.05) is 0 Å². The monoisotopic (exact) mass is 465 g/mol. The van der Waals surface area contributed by atoms with Crippen LogP contribution < -0.4 is 16.0 Å². The van der Waals surface area contributed by atoms with Crippen molar-refractivity contribution >= 4 is 12.0 Å². The minimum atomic E-state index is -0.233. The molecule has 2 atom stereocenters. The van der Waals surface area contributed by atoms with Crippen LogP contribution in [0.3, 0.4) is 0 Å². The first-order valence-electron chi connectivity index (χ1n) is 13.0. The Hall–Kier alpha value is -1.42. The molecule has 9 nitrogen and oxygen atoms in total. The largest absolute Gasteiger partial charge is 0.446 e. The third-order valence-electron chi connectivity index (χ3n) is 8.17. The average molecular weight is 466 g/mol. The quantitative estimate of drug-likeness (QED) is 0.566. The van der Waals surface area contributed by atoms with E-state index in [1.54, 1.807) is 16.7 Å². The number of amides is 2. The molecular formula is C24H43N5O4. The fourth-order valence-corrected chi connectivity index (χ4v) is 5.99. The van der Waals surface area contributed by atoms with Crippen molar-refractivity contribution in [1.82, 2.24) is 25.8 Å². The predicted octanol–water partition coefficient (Wildman–Crippen LogP) is 1.49. The van der Waals surface area contributed by atoms with E-state index in [1.807, 2.05) is 7.11 Å². The van der Waals surface area contributed by atoms with Crippen LogP contribution in [0.25, 0.3) is 0 Å². The van der Waals surface area contributed by atoms with Gasteiger partial charge in [-0.15, -0.1) is 0 Å². The van der Waals surface area contributed by atoms with Crippen molar-refractivity contribution in [3.63, 3.8) is 0 Å². The smallest absolute Gasteiger partial charge is 0.410 e. The van der Waals surface area contributed by atoms with Crippen LogP contribution in [0, 0.1) is 11.8 Å². The summed E-state index contributed by atoms with van der Waals surface area (Å²) in [5.74, 6) is 1.54. The van der Waals surface area contributed by atoms with Gasteiger partial charge < -0.3 is 19.3 Å². The van der Waals surface area contributed by atoms with E-state index in [9.17, 15) is 9.59 Å². The number of nitrogens with zero attached hydrogens (tertiary/aromatic N) is 2. The van der Waals surface area contributed by atoms with Gasteiger partial charge in [-0.2, -0.15) is 0 Å². The lowest BCUT2D eigenvalue weighted by Gasteiger charge is -2.41. The molecule has 4 rings (SSSR count). The fourth-order valence-electron chi connectivity index (χ4n) is 5.99. The second-order valence-corrected chi connectivity index (χ2v) is 10.3. The summed E-state index contributed by atoms with van der Waals surface area (Å²) in [4.78, 5) is 27.6. The van der Waals surface area contributed by atoms with Gasteiger partial charge in [0.2, 0.25) is 5.91 Å². The Morgan fingerprint density at radius 1 is 0.848 bits per heavy atom. The van der Waals surface area contributed by atoms with E-state index in [0.717, 1.165) is 44.7 Å². The van der Waals surface area contributed by atoms with Crippen molar-refractivity contribution in [1.29, 1.82) is 0 Å². The molecule has 0 aromatic rings. The molecule has 2 amide bonds. The molecule has 3 N–H and O–H groups in total. The van der Waals surface area contributed by atoms with Gasteiger partial charge in [0.25, 0.3) is 0 Å². The summed E-state index contributed by atoms with van der Waals surface area (Å²) < 4.78 is 11.4. The zero-order chi connectivity index (χ0) is 23.2. The maximum absolute atomic E-state index is 12.6. The molecule has 188 valence electrons. The van der Waals surface area contributed by atoms with Crippen LogP contribution in [-0.4, -0.2) is 92.7 Å². The summed E-state index contributed by atoms with van der Waals surface area (Å²) in [6.45, 7) is 5.95. The molecule has 0 spiro atoms. The van der Waals surface area contributed by atoms with Crippen molar-refractivity contribution in [2.75, 3.05) is 46.4 Å². The molecule has 2 aliphatic heterocycles. The Morgan fingerprint density at radius 2 is 1.52 bits per heavy atom. The van der Waals surface area contributed by atoms with E-state index in [2.05, 4.69) is 16.0 Å². The van der Waals surface area contributed by atoms with E-state index in [4.69, 9.17) is 9.47 Å². The topological polar surface area (TPSA) is 95.2 Å². The summed E-state index contributed by atoms with van der Waals surface area (Å²) in [6.07, 6.45) is 9.16. The Bertz CT molecular complexity index is 641. The molecule has 33 heavy (non-hydrogen) atoms. The van der Waals surface area contributed by atoms with Gasteiger partial charge >= 0.3 is 6.09 Å². The van der Waals surface area contributed by atoms with Gasteiger partial charge in [0, 0.05) is 59.3 Å². The third-order valence-corrected chi connectivity index (χ3v) is 8.17. The molecular weight excluding hydrogens is 422 g/mol. The van der Waals surface area contributed by atoms with E-state index >= 15 is 0 Å². The van der Waals surface area contributed by atoms with E-state index < -0.39 is 0 Å². The lowest BCUT2D eigenvalue weighted by Crippen LogP contribution is -2.63. The van der Waals surface area contributed by atoms with Gasteiger partial charge in [0.05, 0.1) is 6.10 Å². The van der Waals surface area contributed by atoms with Gasteiger partial charge in [0.15, 0.2) is 0 Å². The lowest BCUT2D eigenvalue weighted by molar-refractivity contribution is -0.130. The SMILES string of the molecule is COC1CCC(C2CNC(NC3CCCC(OC(=O)N4CCN(C(C)=O)CC4)C3)NC2)CC1. The number of rotatable bonds is 5. The number of carbonyl (C=O) groups excluding carboxylic acids is 2. The zero-order valence-electron chi connectivity index (χ0n) is 20.4. The Labute approximate surface area is 198 Å². The summed E-state index contributed by atoms with van der Waals surface area (Å²) in [6, 6.07) is 0.338. The van der Waals surface area contributed by atoms with Crippen molar-refractivity contribution < 1.29 is 19.1 Å². The molecule has 0 radical (unpaired) electrons. The van der Waals surface area contributed by atoms with Crippen molar-refractivity contribution in [3.8, 4) is 0 Å². The van der Waals surface area contributed by atoms with Crippen LogP contribution in [0.5, 0.6) is 0 Å². The molecule has 9 heteroatoms. The fraction of sp³-hybridized carbons (Fsp3) is 0.917. The number of piperazine rings is 1. The van der Waals surface area contributed by atoms with Gasteiger partial charge in [-0.3, -0.25) is 20.7 Å². The second-order valence-electron chi connectivity index (χ2n) is 10.3. The van der Waals surface area contributed by atoms with Crippen LogP contribution in [0.15, 0.2) is 0 Å². The first-order valence-corrected chi connectivity index (χ1v) is 13.0. The van der Waals surface area contributed by atoms with E-state index in [-0.39, 0.29) is 24.4 Å². The number of methoxy groups -OCH3 is 1. The first kappa shape index (κ1) is 24.7. The number of carbonyl (C=O) groups is 2. The van der Waals surface area contributed by atoms with Crippen LogP contribution in [0.2, 0.25) is 0 Å². The molecule has 0 bridgehead atoms. The Balaban J connectivity index is 1.15. The molecule has 2 saturated carbocycles. The number of hydrogen-bond acceptors (Lipinski definition) is 7. The lowest BCUT2D eigenvalue weighted by atomic mass is 9.78. The van der Waals surface area contributed by atoms with Gasteiger partial charge in [-0.05, 0) is 63.2 Å². The Morgan fingerprint density at radius 3 is 2.15 bits per heavy atom. The number of nitrogens with one attached hydrogen (secondary N) is 3. The van der Waals surface area contributed by atoms with Crippen LogP contribution in [-0.2, 0) is 14.3 Å². The highest BCUT2D eigenvalue weighted by molar-refractivity contribution is 5.74. The highest BCUT2D eigenvalue weighted by Gasteiger charge is 2.33. The minimum absolute atomic E-state index is 0.0399. The predicted molar refractivity (Wildman–Crippen MR) is 126 cm³/mol. The maximum Gasteiger partial charge on any atom is 0.410 e. The second kappa shape index (κ2) is 11.8. The summed E-state index contributed by atoms with van der Waals surface area (Å²) in [5.41, 5.74) is 0. The molecule has 2 unspecified atom stereocenters. The van der Waals surface area contributed by atoms with Gasteiger partial charge in [-0.25, -0.2) is 4.79 Å². The van der Waals surface area contributed by atoms with Crippen molar-refractivity contribution in [2.45, 2.75) is 82.8 Å². The maximum atomic E-state index is 12.6. The van der Waals surface area contributed by atoms with Crippen LogP contribution in [0.4, 0.5) is 4.79 Å². The molecule has 4 aliphatic rings. The molecule has 2 heterocycles. The van der Waals surface area contributed by atoms with Gasteiger partial charge in [0.1, 0.15) is 12.4 Å². The molecule has 4 fully saturated rings. The van der Waals surface area contributed by atoms with Crippen molar-refractivity contribution in [3.05, 3.63) is 0 Å². The minimum Gasteiger partial charge on any atom is -0.446 e. The number of ether oxygens (including phenoxy) is 2. The van der Waals surface area contributed by atoms with Crippen LogP contribution in [0.1, 0.15) is 58.3 Å². The summed E-state index contributed by atoms with van der Waals surface area (Å²) >= 11 is 0. The Kier molecular flexibility index (Phi) is 8.85. The number of hydrogen-bond donors (Lipinski definition) is 3. The highest BCUT2D eigenvalue weighted by atomic mass is 16.6. The molecule has 0 aromatic heterocycles.